The third-order valence-corrected chi connectivity index (χ3v) is 16.1. The normalized spacial score (nSPS) is 16.4. The number of rotatable bonds is 11. The summed E-state index contributed by atoms with van der Waals surface area (Å²) >= 11 is 0. The van der Waals surface area contributed by atoms with Gasteiger partial charge in [-0.1, -0.05) is 133 Å². The molecular weight excluding hydrogens is 555 g/mol. The monoisotopic (exact) mass is 607 g/mol. The number of benzene rings is 4. The van der Waals surface area contributed by atoms with E-state index in [1.54, 1.807) is 0 Å². The maximum atomic E-state index is 6.88. The van der Waals surface area contributed by atoms with E-state index in [0.29, 0.717) is 29.8 Å². The summed E-state index contributed by atoms with van der Waals surface area (Å²) in [5.41, 5.74) is 8.52. The Morgan fingerprint density at radius 1 is 0.727 bits per heavy atom. The summed E-state index contributed by atoms with van der Waals surface area (Å²) in [5, 5.41) is 2.58. The van der Waals surface area contributed by atoms with Gasteiger partial charge in [0.15, 0.2) is 8.32 Å². The molecule has 0 saturated carbocycles. The maximum Gasteiger partial charge on any atom is 0.200 e. The first-order chi connectivity index (χ1) is 21.3. The van der Waals surface area contributed by atoms with E-state index in [9.17, 15) is 0 Å². The average Bonchev–Trinajstić information content (AvgIpc) is 3.02. The van der Waals surface area contributed by atoms with Crippen LogP contribution in [-0.2, 0) is 22.3 Å². The standard InChI is InChI=1S/C40H53NO2Si/c1-30(2)44(31(3)4,32(5)6)43-26-16-8-15-25-41-27-35-20-12-14-22-38(35)40-36(24-23-33-17-11-13-21-37(33)40)28-42-29-39(41)34-18-9-7-10-19-34/h7,9-14,17-24,30-32,39H,8,15-16,25-29H2,1-6H3/t39-/m0/s1. The van der Waals surface area contributed by atoms with Crippen molar-refractivity contribution >= 4 is 19.1 Å². The molecule has 0 saturated heterocycles. The minimum atomic E-state index is -1.81. The Bertz CT molecular complexity index is 1460. The van der Waals surface area contributed by atoms with Crippen molar-refractivity contribution in [2.45, 2.75) is 96.6 Å². The molecule has 4 aromatic carbocycles. The van der Waals surface area contributed by atoms with E-state index in [1.807, 2.05) is 0 Å². The first kappa shape index (κ1) is 32.6. The van der Waals surface area contributed by atoms with Crippen molar-refractivity contribution in [1.82, 2.24) is 4.90 Å². The van der Waals surface area contributed by atoms with Crippen molar-refractivity contribution in [3.63, 3.8) is 0 Å². The molecule has 4 heteroatoms. The van der Waals surface area contributed by atoms with E-state index >= 15 is 0 Å². The third kappa shape index (κ3) is 7.05. The first-order valence-electron chi connectivity index (χ1n) is 16.9. The van der Waals surface area contributed by atoms with Crippen LogP contribution in [-0.4, -0.2) is 33.0 Å². The largest absolute Gasteiger partial charge is 0.416 e. The van der Waals surface area contributed by atoms with E-state index in [0.717, 1.165) is 32.5 Å². The summed E-state index contributed by atoms with van der Waals surface area (Å²) in [6, 6.07) is 33.5. The highest BCUT2D eigenvalue weighted by Gasteiger charge is 2.44. The van der Waals surface area contributed by atoms with Gasteiger partial charge in [-0.05, 0) is 81.0 Å². The lowest BCUT2D eigenvalue weighted by Crippen LogP contribution is -2.47. The molecule has 1 heterocycles. The zero-order chi connectivity index (χ0) is 31.1. The van der Waals surface area contributed by atoms with Gasteiger partial charge in [0.1, 0.15) is 0 Å². The van der Waals surface area contributed by atoms with Crippen molar-refractivity contribution in [2.24, 2.45) is 0 Å². The van der Waals surface area contributed by atoms with Crippen molar-refractivity contribution in [3.05, 3.63) is 108 Å². The molecule has 0 aromatic heterocycles. The fraction of sp³-hybridized carbons (Fsp3) is 0.450. The highest BCUT2D eigenvalue weighted by atomic mass is 28.4. The Balaban J connectivity index is 1.38. The second-order valence-electron chi connectivity index (χ2n) is 13.6. The molecule has 5 rings (SSSR count). The van der Waals surface area contributed by atoms with E-state index in [1.165, 1.54) is 45.0 Å². The highest BCUT2D eigenvalue weighted by Crippen LogP contribution is 2.42. The molecule has 0 bridgehead atoms. The Kier molecular flexibility index (Phi) is 11.1. The molecule has 0 fully saturated rings. The van der Waals surface area contributed by atoms with Gasteiger partial charge in [-0.3, -0.25) is 4.90 Å². The number of hydrogen-bond acceptors (Lipinski definition) is 3. The smallest absolute Gasteiger partial charge is 0.200 e. The zero-order valence-corrected chi connectivity index (χ0v) is 28.9. The number of ether oxygens (including phenoxy) is 1. The van der Waals surface area contributed by atoms with Gasteiger partial charge in [0.05, 0.1) is 19.3 Å². The molecule has 1 atom stereocenters. The Hall–Kier alpha value is -2.76. The van der Waals surface area contributed by atoms with Crippen LogP contribution in [0.4, 0.5) is 0 Å². The Morgan fingerprint density at radius 3 is 2.16 bits per heavy atom. The quantitative estimate of drug-likeness (QED) is 0.125. The topological polar surface area (TPSA) is 21.7 Å². The van der Waals surface area contributed by atoms with Crippen LogP contribution in [0.5, 0.6) is 0 Å². The van der Waals surface area contributed by atoms with Crippen molar-refractivity contribution in [2.75, 3.05) is 19.8 Å². The van der Waals surface area contributed by atoms with Crippen LogP contribution in [0.1, 0.15) is 83.5 Å². The summed E-state index contributed by atoms with van der Waals surface area (Å²) in [4.78, 5) is 2.67. The van der Waals surface area contributed by atoms with Gasteiger partial charge < -0.3 is 9.16 Å². The van der Waals surface area contributed by atoms with Gasteiger partial charge >= 0.3 is 0 Å². The molecule has 0 spiro atoms. The summed E-state index contributed by atoms with van der Waals surface area (Å²) < 4.78 is 13.5. The van der Waals surface area contributed by atoms with E-state index in [4.69, 9.17) is 9.16 Å². The molecule has 1 aliphatic rings. The predicted octanol–water partition coefficient (Wildman–Crippen LogP) is 10.9. The molecule has 0 radical (unpaired) electrons. The number of unbranched alkanes of at least 4 members (excludes halogenated alkanes) is 2. The van der Waals surface area contributed by atoms with E-state index in [2.05, 4.69) is 137 Å². The molecule has 44 heavy (non-hydrogen) atoms. The van der Waals surface area contributed by atoms with Crippen LogP contribution in [0.25, 0.3) is 21.9 Å². The van der Waals surface area contributed by atoms with Crippen molar-refractivity contribution in [3.8, 4) is 11.1 Å². The van der Waals surface area contributed by atoms with E-state index in [-0.39, 0.29) is 6.04 Å². The molecule has 0 amide bonds. The van der Waals surface area contributed by atoms with Crippen molar-refractivity contribution in [1.29, 1.82) is 0 Å². The van der Waals surface area contributed by atoms with Crippen LogP contribution < -0.4 is 0 Å². The summed E-state index contributed by atoms with van der Waals surface area (Å²) in [6.07, 6.45) is 3.44. The van der Waals surface area contributed by atoms with Gasteiger partial charge in [0.25, 0.3) is 0 Å². The van der Waals surface area contributed by atoms with Gasteiger partial charge in [-0.25, -0.2) is 0 Å². The van der Waals surface area contributed by atoms with Crippen LogP contribution in [0, 0.1) is 0 Å². The molecule has 0 N–H and O–H groups in total. The number of nitrogens with zero attached hydrogens (tertiary/aromatic N) is 1. The zero-order valence-electron chi connectivity index (χ0n) is 27.9. The summed E-state index contributed by atoms with van der Waals surface area (Å²) in [5.74, 6) is 0. The van der Waals surface area contributed by atoms with Gasteiger partial charge in [-0.2, -0.15) is 0 Å². The van der Waals surface area contributed by atoms with Gasteiger partial charge in [0, 0.05) is 13.2 Å². The van der Waals surface area contributed by atoms with Gasteiger partial charge in [0.2, 0.25) is 0 Å². The van der Waals surface area contributed by atoms with Crippen LogP contribution >= 0.6 is 0 Å². The molecular formula is C40H53NO2Si. The van der Waals surface area contributed by atoms with E-state index < -0.39 is 8.32 Å². The lowest BCUT2D eigenvalue weighted by Gasteiger charge is -2.42. The first-order valence-corrected chi connectivity index (χ1v) is 19.1. The highest BCUT2D eigenvalue weighted by molar-refractivity contribution is 6.77. The SMILES string of the molecule is CC(C)[Si](OCCCCCN1Cc2ccccc2-c2c(ccc3ccccc23)COC[C@H]1c1ccccc1)(C(C)C)C(C)C. The van der Waals surface area contributed by atoms with Gasteiger partial charge in [-0.15, -0.1) is 0 Å². The maximum absolute atomic E-state index is 6.88. The Morgan fingerprint density at radius 2 is 1.41 bits per heavy atom. The average molecular weight is 608 g/mol. The lowest BCUT2D eigenvalue weighted by atomic mass is 9.90. The Labute approximate surface area is 267 Å². The third-order valence-electron chi connectivity index (χ3n) is 9.98. The molecule has 1 aliphatic heterocycles. The molecule has 0 aliphatic carbocycles. The van der Waals surface area contributed by atoms with Crippen LogP contribution in [0.3, 0.4) is 0 Å². The lowest BCUT2D eigenvalue weighted by molar-refractivity contribution is 0.0443. The summed E-state index contributed by atoms with van der Waals surface area (Å²) in [6.45, 7) is 18.4. The molecule has 234 valence electrons. The molecule has 0 unspecified atom stereocenters. The summed E-state index contributed by atoms with van der Waals surface area (Å²) in [7, 11) is -1.81. The fourth-order valence-electron chi connectivity index (χ4n) is 7.93. The second-order valence-corrected chi connectivity index (χ2v) is 19.1. The minimum absolute atomic E-state index is 0.199. The van der Waals surface area contributed by atoms with Crippen LogP contribution in [0.15, 0.2) is 91.0 Å². The second kappa shape index (κ2) is 15.0. The number of hydrogen-bond donors (Lipinski definition) is 0. The van der Waals surface area contributed by atoms with Crippen molar-refractivity contribution < 1.29 is 9.16 Å². The predicted molar refractivity (Wildman–Crippen MR) is 189 cm³/mol. The molecule has 4 aromatic rings. The fourth-order valence-corrected chi connectivity index (χ4v) is 13.4. The minimum Gasteiger partial charge on any atom is -0.416 e. The van der Waals surface area contributed by atoms with Crippen LogP contribution in [0.2, 0.25) is 16.6 Å². The molecule has 3 nitrogen and oxygen atoms in total. The number of fused-ring (bicyclic) bond motifs is 5.